The number of anilines is 2. The Morgan fingerprint density at radius 2 is 1.94 bits per heavy atom. The minimum absolute atomic E-state index is 0.145. The van der Waals surface area contributed by atoms with E-state index in [2.05, 4.69) is 16.9 Å². The smallest absolute Gasteiger partial charge is 0.489 e. The summed E-state index contributed by atoms with van der Waals surface area (Å²) >= 11 is 0. The van der Waals surface area contributed by atoms with Gasteiger partial charge in [-0.25, -0.2) is 0 Å². The van der Waals surface area contributed by atoms with Crippen molar-refractivity contribution < 1.29 is 24.6 Å². The molecule has 2 amide bonds. The maximum absolute atomic E-state index is 12.9. The largest absolute Gasteiger partial charge is 0.535 e. The van der Waals surface area contributed by atoms with Gasteiger partial charge in [0.15, 0.2) is 17.1 Å². The first kappa shape index (κ1) is 24.0. The molecule has 182 valence electrons. The van der Waals surface area contributed by atoms with Gasteiger partial charge < -0.3 is 20.8 Å². The molecule has 0 aromatic heterocycles. The van der Waals surface area contributed by atoms with Gasteiger partial charge in [0.25, 0.3) is 0 Å². The highest BCUT2D eigenvalue weighted by Crippen LogP contribution is 2.35. The van der Waals surface area contributed by atoms with Crippen molar-refractivity contribution >= 4 is 29.3 Å². The Bertz CT molecular complexity index is 1000. The number of carbonyl (C=O) groups excluding carboxylic acids is 1. The molecular formula is C26H35N4O4+. The van der Waals surface area contributed by atoms with Crippen LogP contribution in [-0.2, 0) is 0 Å². The normalized spacial score (nSPS) is 23.7. The highest BCUT2D eigenvalue weighted by Gasteiger charge is 2.34. The molecule has 0 bridgehead atoms. The Hall–Kier alpha value is -3.13. The van der Waals surface area contributed by atoms with E-state index in [9.17, 15) is 15.1 Å². The minimum Gasteiger partial charge on any atom is -0.489 e. The molecule has 4 rings (SSSR count). The molecule has 0 unspecified atom stereocenters. The summed E-state index contributed by atoms with van der Waals surface area (Å²) in [5, 5.41) is 23.1. The third-order valence-corrected chi connectivity index (χ3v) is 6.52. The summed E-state index contributed by atoms with van der Waals surface area (Å²) < 4.78 is 6.63. The minimum atomic E-state index is -0.666. The second-order valence-electron chi connectivity index (χ2n) is 9.51. The molecule has 0 heterocycles. The molecule has 3 aliphatic carbocycles. The average Bonchev–Trinajstić information content (AvgIpc) is 3.74. The van der Waals surface area contributed by atoms with Gasteiger partial charge in [-0.15, -0.1) is 0 Å². The van der Waals surface area contributed by atoms with Crippen LogP contribution in [0.1, 0.15) is 56.9 Å². The van der Waals surface area contributed by atoms with Crippen molar-refractivity contribution in [1.29, 1.82) is 0 Å². The second-order valence-corrected chi connectivity index (χ2v) is 9.51. The molecule has 1 aromatic carbocycles. The topological polar surface area (TPSA) is 120 Å². The van der Waals surface area contributed by atoms with Crippen molar-refractivity contribution in [3.05, 3.63) is 42.5 Å². The third-order valence-electron chi connectivity index (χ3n) is 6.52. The van der Waals surface area contributed by atoms with Crippen molar-refractivity contribution in [3.63, 3.8) is 0 Å². The van der Waals surface area contributed by atoms with Gasteiger partial charge in [0.1, 0.15) is 0 Å². The lowest BCUT2D eigenvalue weighted by molar-refractivity contribution is -0.697. The molecule has 0 aliphatic heterocycles. The fraction of sp³-hybridized carbons (Fsp3) is 0.500. The van der Waals surface area contributed by atoms with E-state index < -0.39 is 6.03 Å². The van der Waals surface area contributed by atoms with E-state index in [4.69, 9.17) is 10.5 Å². The SMILES string of the molecule is C=C/C=C\C(C1CC1)=[N+](\O)C(=O)Nc1cc(C=NC2CCC(O)CC2)c(N)cc1OCC1CC1. The number of carbonyl (C=O) groups is 1. The van der Waals surface area contributed by atoms with Crippen LogP contribution in [0, 0.1) is 11.8 Å². The number of aliphatic imine (C=N–C) groups is 1. The van der Waals surface area contributed by atoms with E-state index in [1.54, 1.807) is 36.6 Å². The number of nitrogen functional groups attached to an aromatic ring is 1. The summed E-state index contributed by atoms with van der Waals surface area (Å²) in [6, 6.07) is 2.92. The van der Waals surface area contributed by atoms with Gasteiger partial charge in [0.05, 0.1) is 18.8 Å². The maximum Gasteiger partial charge on any atom is 0.535 e. The van der Waals surface area contributed by atoms with Gasteiger partial charge in [-0.1, -0.05) is 18.7 Å². The third kappa shape index (κ3) is 6.47. The van der Waals surface area contributed by atoms with Gasteiger partial charge >= 0.3 is 6.03 Å². The van der Waals surface area contributed by atoms with Gasteiger partial charge in [-0.05, 0) is 74.2 Å². The molecule has 5 N–H and O–H groups in total. The highest BCUT2D eigenvalue weighted by molar-refractivity contribution is 6.00. The number of hydrogen-bond acceptors (Lipinski definition) is 6. The van der Waals surface area contributed by atoms with Gasteiger partial charge in [-0.2, -0.15) is 10.1 Å². The molecule has 1 aromatic rings. The Kier molecular flexibility index (Phi) is 7.67. The van der Waals surface area contributed by atoms with Crippen LogP contribution in [0.2, 0.25) is 0 Å². The number of aliphatic hydroxyl groups is 1. The molecule has 0 atom stereocenters. The number of hydroxylamine groups is 1. The van der Waals surface area contributed by atoms with Crippen molar-refractivity contribution in [2.45, 2.75) is 63.5 Å². The molecule has 8 heteroatoms. The van der Waals surface area contributed by atoms with Gasteiger partial charge in [0, 0.05) is 29.4 Å². The molecule has 3 aliphatic rings. The number of allylic oxidation sites excluding steroid dienone is 3. The molecule has 3 fully saturated rings. The molecule has 0 saturated heterocycles. The van der Waals surface area contributed by atoms with Crippen LogP contribution in [-0.4, -0.2) is 51.8 Å². The molecule has 3 saturated carbocycles. The fourth-order valence-corrected chi connectivity index (χ4v) is 4.04. The number of nitrogens with two attached hydrogens (primary N) is 1. The van der Waals surface area contributed by atoms with E-state index in [0.29, 0.717) is 45.7 Å². The molecule has 0 spiro atoms. The zero-order valence-electron chi connectivity index (χ0n) is 19.5. The highest BCUT2D eigenvalue weighted by atomic mass is 16.5. The molecule has 34 heavy (non-hydrogen) atoms. The lowest BCUT2D eigenvalue weighted by atomic mass is 9.93. The first-order chi connectivity index (χ1) is 16.4. The Balaban J connectivity index is 1.56. The molecule has 0 radical (unpaired) electrons. The lowest BCUT2D eigenvalue weighted by Gasteiger charge is -2.22. The Morgan fingerprint density at radius 3 is 2.59 bits per heavy atom. The zero-order chi connectivity index (χ0) is 24.1. The fourth-order valence-electron chi connectivity index (χ4n) is 4.04. The van der Waals surface area contributed by atoms with Crippen LogP contribution in [0.3, 0.4) is 0 Å². The van der Waals surface area contributed by atoms with Crippen LogP contribution >= 0.6 is 0 Å². The van der Waals surface area contributed by atoms with Crippen LogP contribution < -0.4 is 15.8 Å². The monoisotopic (exact) mass is 467 g/mol. The summed E-state index contributed by atoms with van der Waals surface area (Å²) in [7, 11) is 0. The van der Waals surface area contributed by atoms with Crippen molar-refractivity contribution in [2.75, 3.05) is 17.7 Å². The van der Waals surface area contributed by atoms with Crippen molar-refractivity contribution in [3.8, 4) is 5.75 Å². The number of benzene rings is 1. The standard InChI is InChI=1S/C26H34N4O4/c1-2-3-4-24(18-7-8-18)30(33)26(32)29-23-13-19(15-28-20-9-11-21(31)12-10-20)22(27)14-25(23)34-16-17-5-6-17/h2-4,13-15,17-18,20-21,31H,1,5-12,16H2,(H3-,27,28,29,32,33)/p+1/b4-3-,30-24-. The number of nitrogens with one attached hydrogen (secondary N) is 1. The summed E-state index contributed by atoms with van der Waals surface area (Å²) in [6.07, 6.45) is 13.8. The lowest BCUT2D eigenvalue weighted by Crippen LogP contribution is -2.29. The first-order valence-corrected chi connectivity index (χ1v) is 12.2. The van der Waals surface area contributed by atoms with Crippen LogP contribution in [0.4, 0.5) is 16.2 Å². The number of ether oxygens (including phenoxy) is 1. The molecular weight excluding hydrogens is 432 g/mol. The van der Waals surface area contributed by atoms with E-state index in [1.165, 1.54) is 0 Å². The summed E-state index contributed by atoms with van der Waals surface area (Å²) in [5.41, 5.74) is 8.43. The Labute approximate surface area is 200 Å². The van der Waals surface area contributed by atoms with Crippen LogP contribution in [0.5, 0.6) is 5.75 Å². The predicted octanol–water partition coefficient (Wildman–Crippen LogP) is 4.31. The van der Waals surface area contributed by atoms with Crippen LogP contribution in [0.15, 0.2) is 41.9 Å². The van der Waals surface area contributed by atoms with Crippen molar-refractivity contribution in [1.82, 2.24) is 0 Å². The number of nitrogens with zero attached hydrogens (tertiary/aromatic N) is 2. The number of amides is 2. The zero-order valence-corrected chi connectivity index (χ0v) is 19.5. The molecule has 8 nitrogen and oxygen atoms in total. The van der Waals surface area contributed by atoms with E-state index in [-0.39, 0.29) is 18.1 Å². The number of urea groups is 1. The van der Waals surface area contributed by atoms with Crippen molar-refractivity contribution in [2.24, 2.45) is 16.8 Å². The Morgan fingerprint density at radius 1 is 1.21 bits per heavy atom. The van der Waals surface area contributed by atoms with E-state index in [0.717, 1.165) is 51.4 Å². The summed E-state index contributed by atoms with van der Waals surface area (Å²) in [5.74, 6) is 1.15. The van der Waals surface area contributed by atoms with Gasteiger partial charge in [-0.3, -0.25) is 4.99 Å². The van der Waals surface area contributed by atoms with E-state index in [1.807, 2.05) is 0 Å². The first-order valence-electron chi connectivity index (χ1n) is 12.2. The summed E-state index contributed by atoms with van der Waals surface area (Å²) in [6.45, 7) is 4.21. The number of hydrogen-bond donors (Lipinski definition) is 4. The number of rotatable bonds is 9. The van der Waals surface area contributed by atoms with Crippen LogP contribution in [0.25, 0.3) is 0 Å². The summed E-state index contributed by atoms with van der Waals surface area (Å²) in [4.78, 5) is 17.6. The quantitative estimate of drug-likeness (QED) is 0.0821. The second kappa shape index (κ2) is 10.9. The predicted molar refractivity (Wildman–Crippen MR) is 133 cm³/mol. The van der Waals surface area contributed by atoms with Gasteiger partial charge in [0.2, 0.25) is 0 Å². The average molecular weight is 468 g/mol. The maximum atomic E-state index is 12.9. The van der Waals surface area contributed by atoms with E-state index >= 15 is 0 Å². The number of aliphatic hydroxyl groups excluding tert-OH is 1.